The molecule has 3 heterocycles. The smallest absolute Gasteiger partial charge is 0.224 e. The van der Waals surface area contributed by atoms with Crippen molar-refractivity contribution in [1.82, 2.24) is 14.5 Å². The largest absolute Gasteiger partial charge is 0.378 e. The van der Waals surface area contributed by atoms with Gasteiger partial charge in [0.1, 0.15) is 5.82 Å². The van der Waals surface area contributed by atoms with Gasteiger partial charge in [-0.25, -0.2) is 4.98 Å². The van der Waals surface area contributed by atoms with Gasteiger partial charge >= 0.3 is 0 Å². The van der Waals surface area contributed by atoms with E-state index in [1.54, 1.807) is 13.3 Å². The minimum absolute atomic E-state index is 0.168. The highest BCUT2D eigenvalue weighted by molar-refractivity contribution is 5.76. The van der Waals surface area contributed by atoms with Crippen LogP contribution >= 0.6 is 0 Å². The van der Waals surface area contributed by atoms with E-state index < -0.39 is 0 Å². The lowest BCUT2D eigenvalue weighted by Crippen LogP contribution is -2.56. The molecule has 6 heteroatoms. The second-order valence-electron chi connectivity index (χ2n) is 6.80. The number of imidazole rings is 1. The first-order chi connectivity index (χ1) is 11.7. The number of ether oxygens (including phenoxy) is 2. The Morgan fingerprint density at radius 1 is 1.46 bits per heavy atom. The monoisotopic (exact) mass is 335 g/mol. The zero-order chi connectivity index (χ0) is 17.0. The summed E-state index contributed by atoms with van der Waals surface area (Å²) in [6, 6.07) is 0. The Labute approximate surface area is 144 Å². The number of methoxy groups -OCH3 is 1. The number of hydrogen-bond donors (Lipinski definition) is 0. The predicted molar refractivity (Wildman–Crippen MR) is 90.8 cm³/mol. The van der Waals surface area contributed by atoms with Crippen molar-refractivity contribution in [2.24, 2.45) is 0 Å². The molecule has 0 bridgehead atoms. The Kier molecular flexibility index (Phi) is 5.56. The highest BCUT2D eigenvalue weighted by atomic mass is 16.5. The second-order valence-corrected chi connectivity index (χ2v) is 6.80. The van der Waals surface area contributed by atoms with Crippen LogP contribution in [-0.4, -0.2) is 58.9 Å². The highest BCUT2D eigenvalue weighted by Gasteiger charge is 2.45. The molecule has 1 aromatic rings. The number of amides is 1. The maximum Gasteiger partial charge on any atom is 0.224 e. The summed E-state index contributed by atoms with van der Waals surface area (Å²) in [7, 11) is 1.77. The molecule has 2 saturated heterocycles. The van der Waals surface area contributed by atoms with E-state index in [2.05, 4.69) is 16.5 Å². The summed E-state index contributed by atoms with van der Waals surface area (Å²) in [6.07, 6.45) is 9.23. The third-order valence-electron chi connectivity index (χ3n) is 5.52. The number of carbonyl (C=O) groups excluding carboxylic acids is 1. The molecule has 1 atom stereocenters. The number of likely N-dealkylation sites (tertiary alicyclic amines) is 1. The van der Waals surface area contributed by atoms with Gasteiger partial charge in [-0.3, -0.25) is 4.79 Å². The minimum atomic E-state index is -0.177. The van der Waals surface area contributed by atoms with E-state index in [4.69, 9.17) is 9.47 Å². The molecule has 6 nitrogen and oxygen atoms in total. The molecule has 0 aliphatic carbocycles. The molecule has 1 amide bonds. The van der Waals surface area contributed by atoms with Crippen LogP contribution in [0.25, 0.3) is 0 Å². The molecule has 2 aliphatic heterocycles. The average molecular weight is 335 g/mol. The number of aryl methyl sites for hydroxylation is 2. The van der Waals surface area contributed by atoms with Crippen molar-refractivity contribution in [3.05, 3.63) is 18.2 Å². The zero-order valence-electron chi connectivity index (χ0n) is 14.9. The lowest BCUT2D eigenvalue weighted by molar-refractivity contribution is -0.188. The fourth-order valence-electron chi connectivity index (χ4n) is 4.07. The van der Waals surface area contributed by atoms with Gasteiger partial charge in [0, 0.05) is 58.6 Å². The number of hydrogen-bond acceptors (Lipinski definition) is 4. The minimum Gasteiger partial charge on any atom is -0.378 e. The second kappa shape index (κ2) is 7.66. The maximum absolute atomic E-state index is 12.5. The molecule has 2 fully saturated rings. The molecule has 2 aliphatic rings. The lowest BCUT2D eigenvalue weighted by Gasteiger charge is -2.48. The van der Waals surface area contributed by atoms with E-state index >= 15 is 0 Å². The lowest BCUT2D eigenvalue weighted by atomic mass is 9.82. The van der Waals surface area contributed by atoms with Gasteiger partial charge in [-0.15, -0.1) is 0 Å². The molecule has 0 saturated carbocycles. The van der Waals surface area contributed by atoms with Crippen molar-refractivity contribution in [2.75, 3.05) is 26.8 Å². The van der Waals surface area contributed by atoms with Gasteiger partial charge in [-0.05, 0) is 25.7 Å². The van der Waals surface area contributed by atoms with Crippen molar-refractivity contribution in [3.8, 4) is 0 Å². The number of nitrogens with zero attached hydrogens (tertiary/aromatic N) is 3. The van der Waals surface area contributed by atoms with Crippen LogP contribution in [0.5, 0.6) is 0 Å². The van der Waals surface area contributed by atoms with Crippen LogP contribution in [0.2, 0.25) is 0 Å². The summed E-state index contributed by atoms with van der Waals surface area (Å²) in [4.78, 5) is 18.8. The molecular weight excluding hydrogens is 306 g/mol. The molecule has 1 aromatic heterocycles. The van der Waals surface area contributed by atoms with E-state index in [0.29, 0.717) is 13.0 Å². The number of piperidine rings is 1. The van der Waals surface area contributed by atoms with Gasteiger partial charge < -0.3 is 18.9 Å². The van der Waals surface area contributed by atoms with Gasteiger partial charge in [-0.1, -0.05) is 6.92 Å². The third-order valence-corrected chi connectivity index (χ3v) is 5.52. The summed E-state index contributed by atoms with van der Waals surface area (Å²) >= 11 is 0. The molecule has 24 heavy (non-hydrogen) atoms. The van der Waals surface area contributed by atoms with Gasteiger partial charge in [0.2, 0.25) is 5.91 Å². The molecule has 134 valence electrons. The Hall–Kier alpha value is -1.40. The van der Waals surface area contributed by atoms with Gasteiger partial charge in [0.15, 0.2) is 0 Å². The van der Waals surface area contributed by atoms with Crippen molar-refractivity contribution >= 4 is 5.91 Å². The topological polar surface area (TPSA) is 56.6 Å². The maximum atomic E-state index is 12.5. The van der Waals surface area contributed by atoms with E-state index in [-0.39, 0.29) is 17.6 Å². The van der Waals surface area contributed by atoms with Crippen molar-refractivity contribution < 1.29 is 14.3 Å². The quantitative estimate of drug-likeness (QED) is 0.826. The molecule has 3 rings (SSSR count). The Morgan fingerprint density at radius 3 is 2.96 bits per heavy atom. The van der Waals surface area contributed by atoms with E-state index in [0.717, 1.165) is 57.6 Å². The van der Waals surface area contributed by atoms with Crippen LogP contribution in [0.4, 0.5) is 0 Å². The molecular formula is C18H29N3O3. The number of rotatable bonds is 5. The number of carbonyl (C=O) groups is 1. The summed E-state index contributed by atoms with van der Waals surface area (Å²) in [5.74, 6) is 1.27. The van der Waals surface area contributed by atoms with Gasteiger partial charge in [0.25, 0.3) is 0 Å². The van der Waals surface area contributed by atoms with Crippen molar-refractivity contribution in [2.45, 2.75) is 63.7 Å². The SMILES string of the molecule is CCc1nccn1CCC(=O)N1CCC2(CC1)OCCC[C@H]2OC. The van der Waals surface area contributed by atoms with Crippen LogP contribution in [0.1, 0.15) is 44.9 Å². The van der Waals surface area contributed by atoms with Gasteiger partial charge in [0.05, 0.1) is 11.7 Å². The molecule has 1 spiro atoms. The average Bonchev–Trinajstić information content (AvgIpc) is 3.08. The Morgan fingerprint density at radius 2 is 2.25 bits per heavy atom. The Balaban J connectivity index is 1.51. The van der Waals surface area contributed by atoms with Crippen LogP contribution in [0.3, 0.4) is 0 Å². The fraction of sp³-hybridized carbons (Fsp3) is 0.778. The molecule has 0 radical (unpaired) electrons. The van der Waals surface area contributed by atoms with Crippen LogP contribution < -0.4 is 0 Å². The molecule has 0 unspecified atom stereocenters. The summed E-state index contributed by atoms with van der Waals surface area (Å²) in [5, 5.41) is 0. The predicted octanol–water partition coefficient (Wildman–Crippen LogP) is 2.02. The van der Waals surface area contributed by atoms with Gasteiger partial charge in [-0.2, -0.15) is 0 Å². The molecule has 0 N–H and O–H groups in total. The fourth-order valence-corrected chi connectivity index (χ4v) is 4.07. The third kappa shape index (κ3) is 3.49. The first kappa shape index (κ1) is 17.4. The van der Waals surface area contributed by atoms with Crippen LogP contribution in [0, 0.1) is 0 Å². The first-order valence-electron chi connectivity index (χ1n) is 9.13. The van der Waals surface area contributed by atoms with E-state index in [1.165, 1.54) is 0 Å². The Bertz CT molecular complexity index is 549. The summed E-state index contributed by atoms with van der Waals surface area (Å²) in [5.41, 5.74) is -0.177. The van der Waals surface area contributed by atoms with E-state index in [1.807, 2.05) is 11.1 Å². The summed E-state index contributed by atoms with van der Waals surface area (Å²) in [6.45, 7) is 5.14. The van der Waals surface area contributed by atoms with Crippen LogP contribution in [0.15, 0.2) is 12.4 Å². The van der Waals surface area contributed by atoms with Crippen LogP contribution in [-0.2, 0) is 27.2 Å². The van der Waals surface area contributed by atoms with Crippen molar-refractivity contribution in [1.29, 1.82) is 0 Å². The standard InChI is InChI=1S/C18H29N3O3/c1-3-16-19-9-13-20(16)10-6-17(22)21-11-7-18(8-12-21)15(23-2)5-4-14-24-18/h9,13,15H,3-8,10-12,14H2,1-2H3/t15-/m1/s1. The summed E-state index contributed by atoms with van der Waals surface area (Å²) < 4.78 is 13.9. The van der Waals surface area contributed by atoms with E-state index in [9.17, 15) is 4.79 Å². The molecule has 0 aromatic carbocycles. The van der Waals surface area contributed by atoms with Crippen molar-refractivity contribution in [3.63, 3.8) is 0 Å². The number of aromatic nitrogens is 2. The first-order valence-corrected chi connectivity index (χ1v) is 9.13. The normalized spacial score (nSPS) is 23.6. The highest BCUT2D eigenvalue weighted by Crippen LogP contribution is 2.36. The zero-order valence-corrected chi connectivity index (χ0v) is 14.9.